The molecular formula is C23H32F2N2O18P2S. The molecule has 2 fully saturated rings. The lowest BCUT2D eigenvalue weighted by molar-refractivity contribution is -0.293. The van der Waals surface area contributed by atoms with Gasteiger partial charge in [0.2, 0.25) is 6.29 Å². The number of phosphoric acid groups is 1. The number of H-pyrrole nitrogens is 1. The molecule has 2 aliphatic heterocycles. The molecule has 4 N–H and O–H groups in total. The normalized spacial score (nSPS) is 33.5. The Kier molecular flexibility index (Phi) is 12.9. The van der Waals surface area contributed by atoms with Crippen LogP contribution in [0.4, 0.5) is 8.78 Å². The van der Waals surface area contributed by atoms with Gasteiger partial charge in [0, 0.05) is 33.0 Å². The Labute approximate surface area is 273 Å². The highest BCUT2D eigenvalue weighted by molar-refractivity contribution is 8.45. The number of alkyl halides is 2. The lowest BCUT2D eigenvalue weighted by Gasteiger charge is -2.43. The lowest BCUT2D eigenvalue weighted by atomic mass is 9.95. The van der Waals surface area contributed by atoms with E-state index in [4.69, 9.17) is 28.0 Å². The minimum Gasteiger partial charge on any atom is -0.463 e. The zero-order valence-corrected chi connectivity index (χ0v) is 28.0. The largest absolute Gasteiger partial charge is 0.482 e. The Morgan fingerprint density at radius 1 is 1.10 bits per heavy atom. The fraction of sp³-hybridized carbons (Fsp3) is 0.696. The summed E-state index contributed by atoms with van der Waals surface area (Å²) in [4.78, 5) is 70.3. The molecule has 3 rings (SSSR count). The van der Waals surface area contributed by atoms with E-state index >= 15 is 8.78 Å². The summed E-state index contributed by atoms with van der Waals surface area (Å²) in [5.41, 5.74) is -4.61. The number of carbonyl (C=O) groups excluding carboxylic acids is 3. The third-order valence-electron chi connectivity index (χ3n) is 6.63. The number of aliphatic hydroxyl groups is 2. The fourth-order valence-corrected chi connectivity index (χ4v) is 7.78. The van der Waals surface area contributed by atoms with E-state index in [9.17, 15) is 48.2 Å². The minimum absolute atomic E-state index is 0.614. The van der Waals surface area contributed by atoms with Crippen molar-refractivity contribution in [1.82, 2.24) is 9.55 Å². The van der Waals surface area contributed by atoms with Crippen LogP contribution in [-0.2, 0) is 60.6 Å². The predicted octanol–water partition coefficient (Wildman–Crippen LogP) is -0.438. The van der Waals surface area contributed by atoms with Gasteiger partial charge in [0.1, 0.15) is 31.0 Å². The van der Waals surface area contributed by atoms with Crippen LogP contribution in [0.3, 0.4) is 0 Å². The van der Waals surface area contributed by atoms with Crippen molar-refractivity contribution in [2.24, 2.45) is 0 Å². The third-order valence-corrected chi connectivity index (χ3v) is 10.2. The Balaban J connectivity index is 1.77. The number of nitrogens with zero attached hydrogens (tertiary/aromatic N) is 1. The van der Waals surface area contributed by atoms with Crippen molar-refractivity contribution in [3.8, 4) is 0 Å². The third kappa shape index (κ3) is 10.0. The molecule has 2 saturated heterocycles. The summed E-state index contributed by atoms with van der Waals surface area (Å²) in [6, 6.07) is 0.874. The number of aliphatic hydroxyl groups excluding tert-OH is 2. The maximum Gasteiger partial charge on any atom is 0.482 e. The van der Waals surface area contributed by atoms with Gasteiger partial charge >= 0.3 is 38.2 Å². The zero-order valence-electron chi connectivity index (χ0n) is 25.3. The Morgan fingerprint density at radius 2 is 1.71 bits per heavy atom. The summed E-state index contributed by atoms with van der Waals surface area (Å²) in [5.74, 6) is -3.14. The summed E-state index contributed by atoms with van der Waals surface area (Å²) in [7, 11) is -5.76. The van der Waals surface area contributed by atoms with Crippen LogP contribution in [0.15, 0.2) is 21.9 Å². The van der Waals surface area contributed by atoms with Gasteiger partial charge in [0.25, 0.3) is 5.56 Å². The van der Waals surface area contributed by atoms with E-state index in [1.54, 1.807) is 0 Å². The molecule has 1 aromatic heterocycles. The molecule has 0 amide bonds. The first-order valence-corrected chi connectivity index (χ1v) is 17.7. The summed E-state index contributed by atoms with van der Waals surface area (Å²) in [5, 5.41) is 21.3. The quantitative estimate of drug-likeness (QED) is 0.0738. The van der Waals surface area contributed by atoms with Crippen LogP contribution >= 0.6 is 26.9 Å². The summed E-state index contributed by atoms with van der Waals surface area (Å²) in [6.07, 6.45) is -17.9. The van der Waals surface area contributed by atoms with Crippen LogP contribution in [0.1, 0.15) is 33.9 Å². The molecule has 48 heavy (non-hydrogen) atoms. The average Bonchev–Trinajstić information content (AvgIpc) is 3.16. The molecule has 12 atom stereocenters. The van der Waals surface area contributed by atoms with Gasteiger partial charge in [0.15, 0.2) is 30.3 Å². The van der Waals surface area contributed by atoms with Gasteiger partial charge in [-0.2, -0.15) is 4.31 Å². The molecule has 0 bridgehead atoms. The topological polar surface area (TPSA) is 275 Å². The van der Waals surface area contributed by atoms with Gasteiger partial charge in [-0.15, -0.1) is 0 Å². The molecule has 0 aliphatic carbocycles. The summed E-state index contributed by atoms with van der Waals surface area (Å²) >= 11 is 3.54. The molecule has 0 saturated carbocycles. The molecule has 3 heterocycles. The molecule has 272 valence electrons. The molecule has 6 unspecified atom stereocenters. The second-order valence-electron chi connectivity index (χ2n) is 10.5. The van der Waals surface area contributed by atoms with Crippen molar-refractivity contribution in [1.29, 1.82) is 0 Å². The highest BCUT2D eigenvalue weighted by Gasteiger charge is 2.57. The second-order valence-corrected chi connectivity index (χ2v) is 15.0. The van der Waals surface area contributed by atoms with Gasteiger partial charge in [-0.3, -0.25) is 37.8 Å². The van der Waals surface area contributed by atoms with Crippen molar-refractivity contribution in [3.05, 3.63) is 33.1 Å². The number of esters is 3. The number of phosphoric ester groups is 1. The summed E-state index contributed by atoms with van der Waals surface area (Å²) < 4.78 is 96.0. The first-order valence-electron chi connectivity index (χ1n) is 13.5. The SMILES string of the molecule is CC(=O)OC[C@H](F)[C@H]1OC(OP(=O)(O)OP(=O)(S)OC[C@H]2O[C@@H](n3ccc(=O)[nH]c3=O)[C@](C)(F)[C@@H]2O)C(OC(C)=O)C(O)C1OC(C)=O. The number of aromatic nitrogens is 2. The van der Waals surface area contributed by atoms with Crippen molar-refractivity contribution < 1.29 is 84.4 Å². The number of carbonyl (C=O) groups is 3. The smallest absolute Gasteiger partial charge is 0.463 e. The molecular weight excluding hydrogens is 724 g/mol. The molecule has 0 spiro atoms. The second kappa shape index (κ2) is 15.5. The number of aromatic amines is 1. The molecule has 0 radical (unpaired) electrons. The van der Waals surface area contributed by atoms with Crippen LogP contribution in [-0.4, -0.2) is 111 Å². The Hall–Kier alpha value is -2.56. The predicted molar refractivity (Wildman–Crippen MR) is 153 cm³/mol. The number of ether oxygens (including phenoxy) is 5. The van der Waals surface area contributed by atoms with Gasteiger partial charge < -0.3 is 38.8 Å². The highest BCUT2D eigenvalue weighted by Crippen LogP contribution is 2.66. The van der Waals surface area contributed by atoms with Crippen LogP contribution < -0.4 is 11.2 Å². The Morgan fingerprint density at radius 3 is 2.27 bits per heavy atom. The van der Waals surface area contributed by atoms with Crippen molar-refractivity contribution in [2.45, 2.75) is 88.7 Å². The molecule has 20 nitrogen and oxygen atoms in total. The van der Waals surface area contributed by atoms with Gasteiger partial charge in [-0.25, -0.2) is 22.7 Å². The van der Waals surface area contributed by atoms with E-state index in [2.05, 4.69) is 21.3 Å². The molecule has 1 aromatic rings. The van der Waals surface area contributed by atoms with E-state index in [0.717, 1.165) is 40.0 Å². The van der Waals surface area contributed by atoms with Crippen molar-refractivity contribution in [2.75, 3.05) is 13.2 Å². The standard InChI is InChI=1S/C23H32F2N2O18P2S/c1-9(28)38-7-12(24)16-17(40-10(2)29)15(32)18(41-11(3)30)20(43-16)44-46(35,36)45-47(37,48)39-8-13-19(33)23(4,25)21(42-13)27-6-5-14(31)26-22(27)34/h5-6,12-13,15-21,32-33H,7-8H2,1-4H3,(H,35,36)(H,37,48)(H,26,31,34)/t12-,13+,15?,16+,17?,18?,19+,20?,21+,23+,47?/m0/s1. The molecule has 25 heteroatoms. The monoisotopic (exact) mass is 756 g/mol. The minimum atomic E-state index is -5.76. The molecule has 2 aliphatic rings. The zero-order chi connectivity index (χ0) is 36.4. The Bertz CT molecular complexity index is 1580. The van der Waals surface area contributed by atoms with Crippen molar-refractivity contribution >= 4 is 44.8 Å². The maximum absolute atomic E-state index is 15.4. The lowest BCUT2D eigenvalue weighted by Crippen LogP contribution is -2.63. The first-order chi connectivity index (χ1) is 22.0. The van der Waals surface area contributed by atoms with E-state index < -0.39 is 118 Å². The van der Waals surface area contributed by atoms with Gasteiger partial charge in [-0.1, -0.05) is 12.2 Å². The van der Waals surface area contributed by atoms with Crippen LogP contribution in [0, 0.1) is 0 Å². The number of rotatable bonds is 13. The van der Waals surface area contributed by atoms with E-state index in [-0.39, 0.29) is 0 Å². The maximum atomic E-state index is 15.4. The number of halogens is 2. The van der Waals surface area contributed by atoms with E-state index in [0.29, 0.717) is 4.57 Å². The van der Waals surface area contributed by atoms with Gasteiger partial charge in [-0.05, 0) is 6.92 Å². The van der Waals surface area contributed by atoms with E-state index in [1.807, 2.05) is 4.98 Å². The number of hydrogen-bond acceptors (Lipinski definition) is 17. The highest BCUT2D eigenvalue weighted by atomic mass is 32.7. The molecule has 0 aromatic carbocycles. The average molecular weight is 757 g/mol. The number of thiol groups is 1. The van der Waals surface area contributed by atoms with Crippen LogP contribution in [0.25, 0.3) is 0 Å². The number of nitrogens with one attached hydrogen (secondary N) is 1. The summed E-state index contributed by atoms with van der Waals surface area (Å²) in [6.45, 7) is -3.63. The van der Waals surface area contributed by atoms with Crippen LogP contribution in [0.5, 0.6) is 0 Å². The van der Waals surface area contributed by atoms with Gasteiger partial charge in [0.05, 0.1) is 6.61 Å². The number of hydrogen-bond donors (Lipinski definition) is 5. The van der Waals surface area contributed by atoms with E-state index in [1.165, 1.54) is 0 Å². The van der Waals surface area contributed by atoms with Crippen LogP contribution in [0.2, 0.25) is 0 Å². The first kappa shape index (κ1) is 39.9. The fourth-order valence-electron chi connectivity index (χ4n) is 4.60. The van der Waals surface area contributed by atoms with Crippen molar-refractivity contribution in [3.63, 3.8) is 0 Å².